The summed E-state index contributed by atoms with van der Waals surface area (Å²) in [6, 6.07) is 7.24. The molecule has 98 valence electrons. The van der Waals surface area contributed by atoms with Crippen LogP contribution in [0.4, 0.5) is 0 Å². The quantitative estimate of drug-likeness (QED) is 0.803. The van der Waals surface area contributed by atoms with Gasteiger partial charge < -0.3 is 11.1 Å². The Morgan fingerprint density at radius 3 is 2.17 bits per heavy atom. The van der Waals surface area contributed by atoms with Gasteiger partial charge in [-0.05, 0) is 24.5 Å². The zero-order valence-electron chi connectivity index (χ0n) is 11.1. The van der Waals surface area contributed by atoms with Gasteiger partial charge in [0, 0.05) is 17.2 Å². The average molecular weight is 264 g/mol. The lowest BCUT2D eigenvalue weighted by Gasteiger charge is -2.20. The van der Waals surface area contributed by atoms with Gasteiger partial charge in [-0.3, -0.25) is 4.79 Å². The lowest BCUT2D eigenvalue weighted by atomic mass is 10.0. The zero-order chi connectivity index (χ0) is 13.7. The molecule has 4 heteroatoms. The van der Waals surface area contributed by atoms with E-state index >= 15 is 0 Å². The van der Waals surface area contributed by atoms with E-state index in [-0.39, 0.29) is 11.9 Å². The maximum atomic E-state index is 12.0. The number of rotatable bonds is 5. The third kappa shape index (κ3) is 3.81. The molecule has 1 unspecified atom stereocenters. The van der Waals surface area contributed by atoms with Crippen LogP contribution in [0.15, 0.2) is 24.3 Å². The van der Waals surface area contributed by atoms with E-state index in [1.807, 2.05) is 0 Å². The second kappa shape index (κ2) is 6.50. The Kier molecular flexibility index (Phi) is 5.28. The minimum Gasteiger partial charge on any atom is -0.389 e. The standard InChI is InChI=1S/C14H20N2OS/c1-4-12(9(2)3)16-14(17)11-7-5-10(6-8-11)13(15)18/h5-9,12H,4H2,1-3H3,(H2,15,18)(H,16,17). The Bertz CT molecular complexity index is 426. The molecule has 1 aromatic rings. The van der Waals surface area contributed by atoms with Gasteiger partial charge in [-0.15, -0.1) is 0 Å². The normalized spacial score (nSPS) is 12.2. The van der Waals surface area contributed by atoms with Gasteiger partial charge in [0.25, 0.3) is 5.91 Å². The molecule has 0 bridgehead atoms. The molecule has 0 aliphatic heterocycles. The van der Waals surface area contributed by atoms with E-state index in [2.05, 4.69) is 26.1 Å². The number of carbonyl (C=O) groups excluding carboxylic acids is 1. The molecule has 1 rings (SSSR count). The summed E-state index contributed by atoms with van der Waals surface area (Å²) in [6.45, 7) is 6.27. The van der Waals surface area contributed by atoms with E-state index in [9.17, 15) is 4.79 Å². The number of carbonyl (C=O) groups is 1. The second-order valence-electron chi connectivity index (χ2n) is 4.67. The molecule has 0 aliphatic carbocycles. The molecule has 0 aliphatic rings. The number of nitrogens with one attached hydrogen (secondary N) is 1. The summed E-state index contributed by atoms with van der Waals surface area (Å²) in [5.41, 5.74) is 6.92. The Hall–Kier alpha value is -1.42. The molecule has 1 atom stereocenters. The first-order valence-corrected chi connectivity index (χ1v) is 6.57. The molecule has 3 nitrogen and oxygen atoms in total. The molecular weight excluding hydrogens is 244 g/mol. The minimum atomic E-state index is -0.0509. The molecule has 0 saturated carbocycles. The van der Waals surface area contributed by atoms with Crippen molar-refractivity contribution in [3.63, 3.8) is 0 Å². The van der Waals surface area contributed by atoms with E-state index in [1.165, 1.54) is 0 Å². The number of thiocarbonyl (C=S) groups is 1. The van der Waals surface area contributed by atoms with Crippen molar-refractivity contribution in [3.05, 3.63) is 35.4 Å². The predicted octanol–water partition coefficient (Wildman–Crippen LogP) is 2.49. The summed E-state index contributed by atoms with van der Waals surface area (Å²) in [5, 5.41) is 3.03. The third-order valence-corrected chi connectivity index (χ3v) is 3.23. The summed E-state index contributed by atoms with van der Waals surface area (Å²) in [6.07, 6.45) is 0.925. The molecule has 0 aromatic heterocycles. The lowest BCUT2D eigenvalue weighted by Crippen LogP contribution is -2.38. The van der Waals surface area contributed by atoms with Crippen LogP contribution >= 0.6 is 12.2 Å². The van der Waals surface area contributed by atoms with Gasteiger partial charge >= 0.3 is 0 Å². The number of hydrogen-bond acceptors (Lipinski definition) is 2. The highest BCUT2D eigenvalue weighted by molar-refractivity contribution is 7.80. The van der Waals surface area contributed by atoms with Crippen LogP contribution in [0, 0.1) is 5.92 Å². The third-order valence-electron chi connectivity index (χ3n) is 2.99. The zero-order valence-corrected chi connectivity index (χ0v) is 11.9. The summed E-state index contributed by atoms with van der Waals surface area (Å²) in [4.78, 5) is 12.4. The van der Waals surface area contributed by atoms with E-state index in [1.54, 1.807) is 24.3 Å². The topological polar surface area (TPSA) is 55.1 Å². The first kappa shape index (κ1) is 14.6. The highest BCUT2D eigenvalue weighted by Gasteiger charge is 2.15. The SMILES string of the molecule is CCC(NC(=O)c1ccc(C(N)=S)cc1)C(C)C. The Morgan fingerprint density at radius 2 is 1.78 bits per heavy atom. The largest absolute Gasteiger partial charge is 0.389 e. The van der Waals surface area contributed by atoms with Crippen molar-refractivity contribution in [1.29, 1.82) is 0 Å². The second-order valence-corrected chi connectivity index (χ2v) is 5.11. The van der Waals surface area contributed by atoms with Crippen LogP contribution in [0.3, 0.4) is 0 Å². The van der Waals surface area contributed by atoms with Crippen LogP contribution in [0.25, 0.3) is 0 Å². The molecular formula is C14H20N2OS. The van der Waals surface area contributed by atoms with Gasteiger partial charge in [0.15, 0.2) is 0 Å². The minimum absolute atomic E-state index is 0.0509. The summed E-state index contributed by atoms with van der Waals surface area (Å²) < 4.78 is 0. The van der Waals surface area contributed by atoms with E-state index < -0.39 is 0 Å². The number of benzene rings is 1. The van der Waals surface area contributed by atoms with Crippen molar-refractivity contribution in [1.82, 2.24) is 5.32 Å². The molecule has 3 N–H and O–H groups in total. The maximum absolute atomic E-state index is 12.0. The highest BCUT2D eigenvalue weighted by atomic mass is 32.1. The van der Waals surface area contributed by atoms with Crippen molar-refractivity contribution in [2.75, 3.05) is 0 Å². The number of nitrogens with two attached hydrogens (primary N) is 1. The van der Waals surface area contributed by atoms with Crippen LogP contribution in [0.2, 0.25) is 0 Å². The van der Waals surface area contributed by atoms with E-state index in [0.29, 0.717) is 16.5 Å². The summed E-state index contributed by atoms with van der Waals surface area (Å²) in [7, 11) is 0. The monoisotopic (exact) mass is 264 g/mol. The molecule has 0 fully saturated rings. The predicted molar refractivity (Wildman–Crippen MR) is 78.7 cm³/mol. The Morgan fingerprint density at radius 1 is 1.28 bits per heavy atom. The summed E-state index contributed by atoms with van der Waals surface area (Å²) in [5.74, 6) is 0.375. The number of amides is 1. The lowest BCUT2D eigenvalue weighted by molar-refractivity contribution is 0.0924. The van der Waals surface area contributed by atoms with Gasteiger partial charge in [-0.25, -0.2) is 0 Å². The Labute approximate surface area is 114 Å². The Balaban J connectivity index is 2.75. The number of hydrogen-bond donors (Lipinski definition) is 2. The molecule has 1 amide bonds. The highest BCUT2D eigenvalue weighted by Crippen LogP contribution is 2.09. The van der Waals surface area contributed by atoms with Crippen LogP contribution in [0.5, 0.6) is 0 Å². The fraction of sp³-hybridized carbons (Fsp3) is 0.429. The smallest absolute Gasteiger partial charge is 0.251 e. The van der Waals surface area contributed by atoms with Crippen LogP contribution < -0.4 is 11.1 Å². The van der Waals surface area contributed by atoms with Gasteiger partial charge in [0.05, 0.1) is 0 Å². The van der Waals surface area contributed by atoms with Crippen LogP contribution in [-0.2, 0) is 0 Å². The van der Waals surface area contributed by atoms with Gasteiger partial charge in [0.1, 0.15) is 4.99 Å². The van der Waals surface area contributed by atoms with Crippen molar-refractivity contribution in [2.45, 2.75) is 33.2 Å². The molecule has 0 radical (unpaired) electrons. The fourth-order valence-electron chi connectivity index (χ4n) is 1.78. The van der Waals surface area contributed by atoms with Gasteiger partial charge in [-0.2, -0.15) is 0 Å². The van der Waals surface area contributed by atoms with Crippen molar-refractivity contribution >= 4 is 23.1 Å². The van der Waals surface area contributed by atoms with Crippen LogP contribution in [-0.4, -0.2) is 16.9 Å². The first-order valence-electron chi connectivity index (χ1n) is 6.16. The average Bonchev–Trinajstić information content (AvgIpc) is 2.35. The molecule has 0 saturated heterocycles. The molecule has 0 heterocycles. The van der Waals surface area contributed by atoms with Crippen molar-refractivity contribution in [2.24, 2.45) is 11.7 Å². The molecule has 0 spiro atoms. The van der Waals surface area contributed by atoms with Gasteiger partial charge in [-0.1, -0.05) is 45.1 Å². The fourth-order valence-corrected chi connectivity index (χ4v) is 1.91. The van der Waals surface area contributed by atoms with Crippen molar-refractivity contribution in [3.8, 4) is 0 Å². The van der Waals surface area contributed by atoms with E-state index in [4.69, 9.17) is 18.0 Å². The van der Waals surface area contributed by atoms with E-state index in [0.717, 1.165) is 12.0 Å². The summed E-state index contributed by atoms with van der Waals surface area (Å²) >= 11 is 4.87. The first-order chi connectivity index (χ1) is 8.45. The molecule has 18 heavy (non-hydrogen) atoms. The van der Waals surface area contributed by atoms with Crippen LogP contribution in [0.1, 0.15) is 43.1 Å². The maximum Gasteiger partial charge on any atom is 0.251 e. The van der Waals surface area contributed by atoms with Gasteiger partial charge in [0.2, 0.25) is 0 Å². The van der Waals surface area contributed by atoms with Crippen molar-refractivity contribution < 1.29 is 4.79 Å². The molecule has 1 aromatic carbocycles.